The van der Waals surface area contributed by atoms with Crippen molar-refractivity contribution in [3.05, 3.63) is 52.5 Å². The molecule has 0 aliphatic heterocycles. The van der Waals surface area contributed by atoms with Gasteiger partial charge in [-0.05, 0) is 63.6 Å². The van der Waals surface area contributed by atoms with Crippen LogP contribution < -0.4 is 15.4 Å². The highest BCUT2D eigenvalue weighted by Gasteiger charge is 2.16. The van der Waals surface area contributed by atoms with Crippen LogP contribution in [0.3, 0.4) is 0 Å². The molecule has 2 aromatic carbocycles. The molecular weight excluding hydrogens is 368 g/mol. The molecule has 2 rings (SSSR count). The Kier molecular flexibility index (Phi) is 6.33. The van der Waals surface area contributed by atoms with Gasteiger partial charge >= 0.3 is 6.09 Å². The lowest BCUT2D eigenvalue weighted by Gasteiger charge is -2.19. The summed E-state index contributed by atoms with van der Waals surface area (Å²) >= 11 is 6.08. The fourth-order valence-corrected chi connectivity index (χ4v) is 2.40. The third-order valence-electron chi connectivity index (χ3n) is 3.52. The summed E-state index contributed by atoms with van der Waals surface area (Å²) in [5.74, 6) is 0.168. The van der Waals surface area contributed by atoms with Crippen molar-refractivity contribution in [3.63, 3.8) is 0 Å². The van der Waals surface area contributed by atoms with Crippen molar-refractivity contribution in [1.29, 1.82) is 0 Å². The van der Waals surface area contributed by atoms with E-state index in [0.717, 1.165) is 5.56 Å². The molecule has 0 aliphatic carbocycles. The molecule has 2 aromatic rings. The van der Waals surface area contributed by atoms with Gasteiger partial charge in [0.05, 0.1) is 12.8 Å². The Morgan fingerprint density at radius 2 is 1.67 bits per heavy atom. The van der Waals surface area contributed by atoms with Gasteiger partial charge in [0.25, 0.3) is 5.91 Å². The molecule has 2 amide bonds. The Morgan fingerprint density at radius 3 is 2.22 bits per heavy atom. The molecule has 0 heterocycles. The minimum Gasteiger partial charge on any atom is -0.495 e. The number of hydrogen-bond donors (Lipinski definition) is 2. The molecule has 0 unspecified atom stereocenters. The number of anilines is 2. The Labute approximate surface area is 163 Å². The van der Waals surface area contributed by atoms with Crippen LogP contribution in [0.1, 0.15) is 36.7 Å². The van der Waals surface area contributed by atoms with Gasteiger partial charge in [0.1, 0.15) is 11.4 Å². The van der Waals surface area contributed by atoms with E-state index in [4.69, 9.17) is 21.1 Å². The van der Waals surface area contributed by atoms with Crippen LogP contribution in [0.15, 0.2) is 36.4 Å². The first kappa shape index (κ1) is 20.6. The molecule has 0 atom stereocenters. The zero-order valence-corrected chi connectivity index (χ0v) is 16.7. The van der Waals surface area contributed by atoms with Crippen LogP contribution in [0.2, 0.25) is 5.02 Å². The largest absolute Gasteiger partial charge is 0.495 e. The molecule has 0 fully saturated rings. The fraction of sp³-hybridized carbons (Fsp3) is 0.300. The second kappa shape index (κ2) is 8.31. The first-order valence-corrected chi connectivity index (χ1v) is 8.72. The number of benzene rings is 2. The molecule has 0 aromatic heterocycles. The molecule has 0 aliphatic rings. The third-order valence-corrected chi connectivity index (χ3v) is 3.93. The van der Waals surface area contributed by atoms with E-state index in [9.17, 15) is 9.59 Å². The maximum atomic E-state index is 12.5. The average molecular weight is 391 g/mol. The topological polar surface area (TPSA) is 76.7 Å². The molecule has 0 radical (unpaired) electrons. The summed E-state index contributed by atoms with van der Waals surface area (Å²) in [6.07, 6.45) is -0.555. The van der Waals surface area contributed by atoms with Crippen LogP contribution in [0.5, 0.6) is 5.75 Å². The predicted octanol–water partition coefficient (Wildman–Crippen LogP) is 5.26. The van der Waals surface area contributed by atoms with Crippen LogP contribution in [0, 0.1) is 6.92 Å². The second-order valence-corrected chi connectivity index (χ2v) is 7.37. The first-order chi connectivity index (χ1) is 12.6. The number of carbonyl (C=O) groups is 2. The molecular formula is C20H23ClN2O4. The number of hydrogen-bond acceptors (Lipinski definition) is 4. The number of aryl methyl sites for hydroxylation is 1. The summed E-state index contributed by atoms with van der Waals surface area (Å²) in [5.41, 5.74) is 1.73. The van der Waals surface area contributed by atoms with Crippen molar-refractivity contribution in [2.24, 2.45) is 0 Å². The van der Waals surface area contributed by atoms with Gasteiger partial charge in [0.15, 0.2) is 0 Å². The van der Waals surface area contributed by atoms with Crippen molar-refractivity contribution in [2.45, 2.75) is 33.3 Å². The van der Waals surface area contributed by atoms with E-state index in [1.54, 1.807) is 57.2 Å². The highest BCUT2D eigenvalue weighted by atomic mass is 35.5. The summed E-state index contributed by atoms with van der Waals surface area (Å²) in [5, 5.41) is 5.98. The lowest BCUT2D eigenvalue weighted by molar-refractivity contribution is 0.0636. The summed E-state index contributed by atoms with van der Waals surface area (Å²) < 4.78 is 10.5. The molecule has 7 heteroatoms. The second-order valence-electron chi connectivity index (χ2n) is 6.96. The lowest BCUT2D eigenvalue weighted by Crippen LogP contribution is -2.27. The summed E-state index contributed by atoms with van der Waals surface area (Å²) in [6.45, 7) is 7.20. The zero-order chi connectivity index (χ0) is 20.2. The third kappa shape index (κ3) is 5.89. The van der Waals surface area contributed by atoms with Crippen molar-refractivity contribution >= 4 is 35.0 Å². The van der Waals surface area contributed by atoms with Gasteiger partial charge in [-0.15, -0.1) is 0 Å². The van der Waals surface area contributed by atoms with E-state index >= 15 is 0 Å². The minimum absolute atomic E-state index is 0.307. The maximum Gasteiger partial charge on any atom is 0.412 e. The van der Waals surface area contributed by atoms with E-state index in [2.05, 4.69) is 10.6 Å². The van der Waals surface area contributed by atoms with Crippen molar-refractivity contribution < 1.29 is 19.1 Å². The smallest absolute Gasteiger partial charge is 0.412 e. The predicted molar refractivity (Wildman–Crippen MR) is 107 cm³/mol. The van der Waals surface area contributed by atoms with E-state index in [0.29, 0.717) is 27.7 Å². The Hall–Kier alpha value is -2.73. The molecule has 27 heavy (non-hydrogen) atoms. The molecule has 0 saturated heterocycles. The number of nitrogens with one attached hydrogen (secondary N) is 2. The Balaban J connectivity index is 2.08. The number of halogens is 1. The van der Waals surface area contributed by atoms with Gasteiger partial charge in [-0.1, -0.05) is 11.6 Å². The summed E-state index contributed by atoms with van der Waals surface area (Å²) in [6, 6.07) is 9.87. The van der Waals surface area contributed by atoms with Crippen LogP contribution in [0.4, 0.5) is 16.2 Å². The highest BCUT2D eigenvalue weighted by Crippen LogP contribution is 2.31. The minimum atomic E-state index is -0.584. The first-order valence-electron chi connectivity index (χ1n) is 8.34. The van der Waals surface area contributed by atoms with Gasteiger partial charge in [-0.25, -0.2) is 4.79 Å². The average Bonchev–Trinajstić information content (AvgIpc) is 2.56. The van der Waals surface area contributed by atoms with Gasteiger partial charge in [-0.2, -0.15) is 0 Å². The molecule has 6 nitrogen and oxygen atoms in total. The number of carbonyl (C=O) groups excluding carboxylic acids is 2. The lowest BCUT2D eigenvalue weighted by atomic mass is 10.1. The summed E-state index contributed by atoms with van der Waals surface area (Å²) in [4.78, 5) is 24.3. The Morgan fingerprint density at radius 1 is 1.04 bits per heavy atom. The Bertz CT molecular complexity index is 842. The van der Waals surface area contributed by atoms with Crippen LogP contribution >= 0.6 is 11.6 Å². The van der Waals surface area contributed by atoms with Crippen molar-refractivity contribution in [2.75, 3.05) is 17.7 Å². The molecule has 144 valence electrons. The SMILES string of the molecule is COc1cc(Cl)c(C)cc1NC(=O)c1ccc(NC(=O)OC(C)(C)C)cc1. The monoisotopic (exact) mass is 390 g/mol. The molecule has 0 saturated carbocycles. The van der Waals surface area contributed by atoms with Crippen LogP contribution in [-0.4, -0.2) is 24.7 Å². The number of methoxy groups -OCH3 is 1. The summed E-state index contributed by atoms with van der Waals surface area (Å²) in [7, 11) is 1.51. The number of rotatable bonds is 4. The number of ether oxygens (including phenoxy) is 2. The van der Waals surface area contributed by atoms with Gasteiger partial charge in [0.2, 0.25) is 0 Å². The normalized spacial score (nSPS) is 10.9. The zero-order valence-electron chi connectivity index (χ0n) is 16.0. The van der Waals surface area contributed by atoms with Crippen LogP contribution in [0.25, 0.3) is 0 Å². The van der Waals surface area contributed by atoms with E-state index in [-0.39, 0.29) is 5.91 Å². The molecule has 0 spiro atoms. The van der Waals surface area contributed by atoms with Crippen LogP contribution in [-0.2, 0) is 4.74 Å². The number of amides is 2. The fourth-order valence-electron chi connectivity index (χ4n) is 2.25. The van der Waals surface area contributed by atoms with Gasteiger partial charge < -0.3 is 14.8 Å². The van der Waals surface area contributed by atoms with Crippen molar-refractivity contribution in [3.8, 4) is 5.75 Å². The highest BCUT2D eigenvalue weighted by molar-refractivity contribution is 6.31. The standard InChI is InChI=1S/C20H23ClN2O4/c1-12-10-16(17(26-5)11-15(12)21)23-18(24)13-6-8-14(9-7-13)22-19(25)27-20(2,3)4/h6-11H,1-5H3,(H,22,25)(H,23,24). The quantitative estimate of drug-likeness (QED) is 0.746. The van der Waals surface area contributed by atoms with E-state index < -0.39 is 11.7 Å². The van der Waals surface area contributed by atoms with E-state index in [1.807, 2.05) is 6.92 Å². The molecule has 0 bridgehead atoms. The van der Waals surface area contributed by atoms with E-state index in [1.165, 1.54) is 7.11 Å². The molecule has 2 N–H and O–H groups in total. The maximum absolute atomic E-state index is 12.5. The van der Waals surface area contributed by atoms with Gasteiger partial charge in [0, 0.05) is 22.3 Å². The van der Waals surface area contributed by atoms with Crippen molar-refractivity contribution in [1.82, 2.24) is 0 Å². The van der Waals surface area contributed by atoms with Gasteiger partial charge in [-0.3, -0.25) is 10.1 Å².